The van der Waals surface area contributed by atoms with E-state index in [0.717, 1.165) is 12.8 Å². The third-order valence-electron chi connectivity index (χ3n) is 19.5. The van der Waals surface area contributed by atoms with Crippen molar-refractivity contribution in [2.45, 2.75) is 91.4 Å². The molecule has 0 amide bonds. The van der Waals surface area contributed by atoms with Crippen LogP contribution in [0, 0.1) is 0 Å². The lowest BCUT2D eigenvalue weighted by atomic mass is 9.78. The van der Waals surface area contributed by atoms with E-state index in [0.29, 0.717) is 0 Å². The molecule has 13 aromatic carbocycles. The number of fused-ring (bicyclic) bond motifs is 8. The molecule has 15 rings (SSSR count). The van der Waals surface area contributed by atoms with E-state index < -0.39 is 0 Å². The quantitative estimate of drug-likeness (QED) is 0.114. The van der Waals surface area contributed by atoms with Crippen molar-refractivity contribution < 1.29 is 0 Å². The predicted molar refractivity (Wildman–Crippen MR) is 388 cm³/mol. The first-order valence-corrected chi connectivity index (χ1v) is 32.3. The highest BCUT2D eigenvalue weighted by Gasteiger charge is 2.25. The summed E-state index contributed by atoms with van der Waals surface area (Å²) in [6, 6.07) is 103. The molecular weight excluding hydrogens is 1080 g/mol. The first kappa shape index (κ1) is 56.5. The zero-order valence-corrected chi connectivity index (χ0v) is 53.3. The molecule has 90 heavy (non-hydrogen) atoms. The van der Waals surface area contributed by atoms with Crippen LogP contribution in [0.15, 0.2) is 273 Å². The highest BCUT2D eigenvalue weighted by Crippen LogP contribution is 2.47. The maximum atomic E-state index is 2.51. The van der Waals surface area contributed by atoms with Gasteiger partial charge in [0.2, 0.25) is 0 Å². The van der Waals surface area contributed by atoms with Crippen LogP contribution < -0.4 is 0 Å². The molecule has 0 unspecified atom stereocenters. The Labute approximate surface area is 530 Å². The summed E-state index contributed by atoms with van der Waals surface area (Å²) >= 11 is 0. The third-order valence-corrected chi connectivity index (χ3v) is 19.5. The van der Waals surface area contributed by atoms with E-state index in [-0.39, 0.29) is 16.2 Å². The summed E-state index contributed by atoms with van der Waals surface area (Å²) in [6.07, 6.45) is 2.24. The minimum Gasteiger partial charge on any atom is -0.309 e. The predicted octanol–water partition coefficient (Wildman–Crippen LogP) is 24.9. The van der Waals surface area contributed by atoms with Crippen LogP contribution in [0.2, 0.25) is 0 Å². The number of hydrogen-bond acceptors (Lipinski definition) is 0. The van der Waals surface area contributed by atoms with E-state index in [1.54, 1.807) is 0 Å². The molecule has 438 valence electrons. The van der Waals surface area contributed by atoms with Gasteiger partial charge in [0.15, 0.2) is 0 Å². The zero-order chi connectivity index (χ0) is 61.6. The first-order chi connectivity index (χ1) is 43.6. The first-order valence-electron chi connectivity index (χ1n) is 32.3. The van der Waals surface area contributed by atoms with Crippen molar-refractivity contribution >= 4 is 65.2 Å². The Hall–Kier alpha value is -10.0. The Balaban J connectivity index is 0.735. The fourth-order valence-electron chi connectivity index (χ4n) is 14.4. The van der Waals surface area contributed by atoms with Gasteiger partial charge in [-0.05, 0) is 194 Å². The average Bonchev–Trinajstić information content (AvgIpc) is 1.07. The third kappa shape index (κ3) is 9.91. The summed E-state index contributed by atoms with van der Waals surface area (Å²) in [5, 5.41) is 10.1. The highest BCUT2D eigenvalue weighted by molar-refractivity contribution is 6.22. The number of benzene rings is 13. The molecule has 2 aromatic heterocycles. The Kier molecular flexibility index (Phi) is 13.8. The number of aromatic nitrogens is 2. The molecule has 0 N–H and O–H groups in total. The lowest BCUT2D eigenvalue weighted by molar-refractivity contribution is 0.473. The standard InChI is InChI=1S/C88H76N2/c1-10-53-88(8,9)69-45-50-76-79(56-69)85(64-37-33-60(34-38-64)58-25-29-62(30-26-58)66-40-52-83-78(55-66)73-18-14-16-22-81(73)90(83)71-48-43-68(44-49-71)87(5,6)7)75-20-12-11-19-74(75)84(76)63-35-31-59(32-36-63)57-23-27-61(28-24-57)65-39-51-82-77(54-65)72-17-13-15-21-80(72)89(82)70-46-41-67(42-47-70)86(2,3)4/h11-52,54-56H,10,53H2,1-9H3. The number of para-hydroxylation sites is 2. The van der Waals surface area contributed by atoms with Gasteiger partial charge < -0.3 is 9.13 Å². The average molecular weight is 1160 g/mol. The van der Waals surface area contributed by atoms with E-state index >= 15 is 0 Å². The molecule has 2 heterocycles. The van der Waals surface area contributed by atoms with Crippen LogP contribution in [0.25, 0.3) is 143 Å². The van der Waals surface area contributed by atoms with Crippen molar-refractivity contribution in [2.75, 3.05) is 0 Å². The van der Waals surface area contributed by atoms with Crippen molar-refractivity contribution in [3.8, 4) is 78.1 Å². The summed E-state index contributed by atoms with van der Waals surface area (Å²) < 4.78 is 4.82. The van der Waals surface area contributed by atoms with Crippen molar-refractivity contribution in [1.82, 2.24) is 9.13 Å². The Bertz CT molecular complexity index is 5210. The van der Waals surface area contributed by atoms with Gasteiger partial charge in [-0.25, -0.2) is 0 Å². The van der Waals surface area contributed by atoms with E-state index in [2.05, 4.69) is 344 Å². The van der Waals surface area contributed by atoms with Gasteiger partial charge in [0.1, 0.15) is 0 Å². The monoisotopic (exact) mass is 1160 g/mol. The van der Waals surface area contributed by atoms with Crippen LogP contribution in [-0.4, -0.2) is 9.13 Å². The van der Waals surface area contributed by atoms with E-state index in [4.69, 9.17) is 0 Å². The number of hydrogen-bond donors (Lipinski definition) is 0. The molecule has 0 bridgehead atoms. The molecule has 2 nitrogen and oxygen atoms in total. The van der Waals surface area contributed by atoms with Gasteiger partial charge in [0, 0.05) is 32.9 Å². The van der Waals surface area contributed by atoms with E-state index in [1.807, 2.05) is 0 Å². The van der Waals surface area contributed by atoms with E-state index in [9.17, 15) is 0 Å². The van der Waals surface area contributed by atoms with Crippen molar-refractivity contribution in [1.29, 1.82) is 0 Å². The van der Waals surface area contributed by atoms with Gasteiger partial charge >= 0.3 is 0 Å². The largest absolute Gasteiger partial charge is 0.309 e. The molecule has 0 fully saturated rings. The van der Waals surface area contributed by atoms with Gasteiger partial charge in [-0.15, -0.1) is 0 Å². The van der Waals surface area contributed by atoms with Gasteiger partial charge in [-0.2, -0.15) is 0 Å². The normalized spacial score (nSPS) is 12.4. The van der Waals surface area contributed by atoms with Crippen LogP contribution in [-0.2, 0) is 16.2 Å². The second kappa shape index (κ2) is 21.9. The summed E-state index contributed by atoms with van der Waals surface area (Å²) in [7, 11) is 0. The summed E-state index contributed by atoms with van der Waals surface area (Å²) in [5.74, 6) is 0. The molecule has 0 aliphatic carbocycles. The summed E-state index contributed by atoms with van der Waals surface area (Å²) in [6.45, 7) is 20.7. The SMILES string of the molecule is CCCC(C)(C)c1ccc2c(-c3ccc(-c4ccc(-c5ccc6c(c5)c5ccccc5n6-c5ccc(C(C)(C)C)cc5)cc4)cc3)c3ccccc3c(-c3ccc(-c4ccc(-c5ccc6c(c5)c5ccccc5n6-c5ccc(C(C)(C)C)cc5)cc4)cc3)c2c1. The molecule has 0 atom stereocenters. The minimum absolute atomic E-state index is 0.0231. The molecular formula is C88H76N2. The Morgan fingerprint density at radius 1 is 0.244 bits per heavy atom. The van der Waals surface area contributed by atoms with Gasteiger partial charge in [-0.1, -0.05) is 275 Å². The molecule has 0 radical (unpaired) electrons. The maximum absolute atomic E-state index is 2.51. The fraction of sp³-hybridized carbons (Fsp3) is 0.159. The van der Waals surface area contributed by atoms with Gasteiger partial charge in [0.25, 0.3) is 0 Å². The molecule has 0 saturated heterocycles. The molecule has 15 aromatic rings. The summed E-state index contributed by atoms with van der Waals surface area (Å²) in [5.41, 5.74) is 26.1. The summed E-state index contributed by atoms with van der Waals surface area (Å²) in [4.78, 5) is 0. The minimum atomic E-state index is 0.0231. The molecule has 0 aliphatic rings. The Morgan fingerprint density at radius 2 is 0.544 bits per heavy atom. The van der Waals surface area contributed by atoms with Crippen LogP contribution in [0.4, 0.5) is 0 Å². The van der Waals surface area contributed by atoms with E-state index in [1.165, 1.54) is 160 Å². The number of rotatable bonds is 11. The molecule has 2 heteroatoms. The zero-order valence-electron chi connectivity index (χ0n) is 53.3. The molecule has 0 spiro atoms. The second-order valence-corrected chi connectivity index (χ2v) is 27.8. The lowest BCUT2D eigenvalue weighted by Crippen LogP contribution is -2.16. The van der Waals surface area contributed by atoms with Crippen molar-refractivity contribution in [3.05, 3.63) is 290 Å². The number of nitrogens with zero attached hydrogens (tertiary/aromatic N) is 2. The maximum Gasteiger partial charge on any atom is 0.0541 e. The van der Waals surface area contributed by atoms with Crippen LogP contribution in [0.5, 0.6) is 0 Å². The van der Waals surface area contributed by atoms with Crippen molar-refractivity contribution in [3.63, 3.8) is 0 Å². The lowest BCUT2D eigenvalue weighted by Gasteiger charge is -2.26. The molecule has 0 aliphatic heterocycles. The van der Waals surface area contributed by atoms with Crippen LogP contribution in [0.3, 0.4) is 0 Å². The fourth-order valence-corrected chi connectivity index (χ4v) is 14.4. The van der Waals surface area contributed by atoms with Gasteiger partial charge in [-0.3, -0.25) is 0 Å². The molecule has 0 saturated carbocycles. The van der Waals surface area contributed by atoms with Crippen molar-refractivity contribution in [2.24, 2.45) is 0 Å². The topological polar surface area (TPSA) is 9.86 Å². The van der Waals surface area contributed by atoms with Crippen LogP contribution >= 0.6 is 0 Å². The van der Waals surface area contributed by atoms with Gasteiger partial charge in [0.05, 0.1) is 22.1 Å². The van der Waals surface area contributed by atoms with Crippen LogP contribution in [0.1, 0.15) is 91.8 Å². The Morgan fingerprint density at radius 3 is 0.922 bits per heavy atom. The highest BCUT2D eigenvalue weighted by atomic mass is 15.0. The second-order valence-electron chi connectivity index (χ2n) is 27.8. The smallest absolute Gasteiger partial charge is 0.0541 e.